The quantitative estimate of drug-likeness (QED) is 0.779. The Morgan fingerprint density at radius 3 is 2.69 bits per heavy atom. The van der Waals surface area contributed by atoms with Gasteiger partial charge < -0.3 is 15.0 Å². The molecule has 138 valence electrons. The molecule has 2 heterocycles. The number of thioether (sulfide) groups is 1. The van der Waals surface area contributed by atoms with Crippen molar-refractivity contribution in [3.63, 3.8) is 0 Å². The molecule has 3 rings (SSSR count). The second-order valence-electron chi connectivity index (χ2n) is 5.63. The van der Waals surface area contributed by atoms with Crippen LogP contribution in [0.2, 0.25) is 10.0 Å². The summed E-state index contributed by atoms with van der Waals surface area (Å²) in [5, 5.41) is 3.66. The Morgan fingerprint density at radius 2 is 2.00 bits per heavy atom. The number of pyridine rings is 1. The second kappa shape index (κ2) is 8.84. The van der Waals surface area contributed by atoms with E-state index in [0.717, 1.165) is 30.3 Å². The molecule has 0 atom stereocenters. The lowest BCUT2D eigenvalue weighted by Crippen LogP contribution is -2.32. The van der Waals surface area contributed by atoms with Crippen molar-refractivity contribution in [3.05, 3.63) is 46.1 Å². The first-order valence-corrected chi connectivity index (χ1v) is 10.2. The molecule has 1 saturated heterocycles. The molecule has 0 spiro atoms. The number of anilines is 2. The fourth-order valence-corrected chi connectivity index (χ4v) is 4.04. The predicted octanol–water partition coefficient (Wildman–Crippen LogP) is 4.59. The molecule has 2 aromatic rings. The Bertz CT molecular complexity index is 798. The monoisotopic (exact) mass is 411 g/mol. The number of aromatic nitrogens is 1. The lowest BCUT2D eigenvalue weighted by atomic mass is 10.2. The highest BCUT2D eigenvalue weighted by atomic mass is 35.5. The van der Waals surface area contributed by atoms with Gasteiger partial charge in [-0.15, -0.1) is 0 Å². The highest BCUT2D eigenvalue weighted by Gasteiger charge is 2.17. The third kappa shape index (κ3) is 4.55. The summed E-state index contributed by atoms with van der Waals surface area (Å²) in [7, 11) is 0. The molecule has 0 radical (unpaired) electrons. The van der Waals surface area contributed by atoms with Gasteiger partial charge in [0.15, 0.2) is 5.69 Å². The van der Waals surface area contributed by atoms with Crippen molar-refractivity contribution in [2.24, 2.45) is 0 Å². The number of rotatable bonds is 5. The number of halogens is 2. The summed E-state index contributed by atoms with van der Waals surface area (Å²) in [6.45, 7) is 4.25. The number of hydrogen-bond donors (Lipinski definition) is 1. The zero-order valence-corrected chi connectivity index (χ0v) is 16.6. The Hall–Kier alpha value is -1.63. The van der Waals surface area contributed by atoms with Crippen LogP contribution in [0, 0.1) is 0 Å². The van der Waals surface area contributed by atoms with Crippen molar-refractivity contribution in [2.75, 3.05) is 41.4 Å². The van der Waals surface area contributed by atoms with E-state index < -0.39 is 5.91 Å². The van der Waals surface area contributed by atoms with Gasteiger partial charge in [0, 0.05) is 36.3 Å². The van der Waals surface area contributed by atoms with Gasteiger partial charge in [0.1, 0.15) is 0 Å². The Morgan fingerprint density at radius 1 is 1.23 bits per heavy atom. The van der Waals surface area contributed by atoms with Crippen molar-refractivity contribution in [1.82, 2.24) is 4.98 Å². The third-order valence-corrected chi connectivity index (χ3v) is 5.44. The number of ether oxygens (including phenoxy) is 1. The molecule has 8 heteroatoms. The largest absolute Gasteiger partial charge is 0.478 e. The van der Waals surface area contributed by atoms with E-state index in [1.807, 2.05) is 30.8 Å². The number of nitrogens with one attached hydrogen (secondary N) is 1. The molecule has 0 bridgehead atoms. The summed E-state index contributed by atoms with van der Waals surface area (Å²) in [5.74, 6) is 2.14. The predicted molar refractivity (Wildman–Crippen MR) is 109 cm³/mol. The van der Waals surface area contributed by atoms with E-state index in [0.29, 0.717) is 23.2 Å². The van der Waals surface area contributed by atoms with Gasteiger partial charge in [-0.3, -0.25) is 4.79 Å². The van der Waals surface area contributed by atoms with E-state index in [-0.39, 0.29) is 10.7 Å². The Labute approximate surface area is 167 Å². The molecule has 1 aliphatic rings. The molecule has 0 aliphatic carbocycles. The van der Waals surface area contributed by atoms with Crippen molar-refractivity contribution < 1.29 is 9.53 Å². The maximum absolute atomic E-state index is 12.5. The van der Waals surface area contributed by atoms with Gasteiger partial charge in [-0.1, -0.05) is 23.2 Å². The fraction of sp³-hybridized carbons (Fsp3) is 0.333. The van der Waals surface area contributed by atoms with Gasteiger partial charge in [-0.25, -0.2) is 4.98 Å². The first-order chi connectivity index (χ1) is 12.6. The van der Waals surface area contributed by atoms with Crippen molar-refractivity contribution in [3.8, 4) is 5.88 Å². The summed E-state index contributed by atoms with van der Waals surface area (Å²) in [5.41, 5.74) is 1.69. The fourth-order valence-electron chi connectivity index (χ4n) is 2.65. The second-order valence-corrected chi connectivity index (χ2v) is 7.67. The van der Waals surface area contributed by atoms with E-state index in [2.05, 4.69) is 15.2 Å². The molecular formula is C18H19Cl2N3O2S. The van der Waals surface area contributed by atoms with E-state index >= 15 is 0 Å². The average molecular weight is 412 g/mol. The first kappa shape index (κ1) is 19.1. The van der Waals surface area contributed by atoms with Gasteiger partial charge >= 0.3 is 0 Å². The van der Waals surface area contributed by atoms with Crippen LogP contribution in [0.25, 0.3) is 0 Å². The molecule has 26 heavy (non-hydrogen) atoms. The number of carbonyl (C=O) groups is 1. The van der Waals surface area contributed by atoms with Crippen LogP contribution in [0.4, 0.5) is 11.4 Å². The molecule has 1 aromatic carbocycles. The van der Waals surface area contributed by atoms with Crippen LogP contribution in [0.3, 0.4) is 0 Å². The van der Waals surface area contributed by atoms with Crippen LogP contribution >= 0.6 is 35.0 Å². The standard InChI is InChI=1S/C18H19Cl2N3O2S/c1-2-25-16-6-4-13(19)17(22-16)18(24)21-12-3-5-15(14(20)11-12)23-7-9-26-10-8-23/h3-6,11H,2,7-10H2,1H3,(H,21,24). The minimum atomic E-state index is -0.408. The van der Waals surface area contributed by atoms with Gasteiger partial charge in [-0.05, 0) is 31.2 Å². The summed E-state index contributed by atoms with van der Waals surface area (Å²) in [6, 6.07) is 8.74. The van der Waals surface area contributed by atoms with E-state index in [1.165, 1.54) is 0 Å². The van der Waals surface area contributed by atoms with Crippen molar-refractivity contribution in [1.29, 1.82) is 0 Å². The molecule has 1 aromatic heterocycles. The minimum absolute atomic E-state index is 0.117. The summed E-state index contributed by atoms with van der Waals surface area (Å²) < 4.78 is 5.33. The lowest BCUT2D eigenvalue weighted by molar-refractivity contribution is 0.102. The van der Waals surface area contributed by atoms with Gasteiger partial charge in [-0.2, -0.15) is 11.8 Å². The van der Waals surface area contributed by atoms with E-state index in [4.69, 9.17) is 27.9 Å². The maximum atomic E-state index is 12.5. The number of benzene rings is 1. The van der Waals surface area contributed by atoms with E-state index in [9.17, 15) is 4.79 Å². The van der Waals surface area contributed by atoms with Gasteiger partial charge in [0.05, 0.1) is 22.3 Å². The number of amides is 1. The van der Waals surface area contributed by atoms with Crippen LogP contribution in [0.5, 0.6) is 5.88 Å². The summed E-state index contributed by atoms with van der Waals surface area (Å²) >= 11 is 14.5. The lowest BCUT2D eigenvalue weighted by Gasteiger charge is -2.29. The summed E-state index contributed by atoms with van der Waals surface area (Å²) in [4.78, 5) is 18.9. The zero-order valence-electron chi connectivity index (χ0n) is 14.3. The molecular weight excluding hydrogens is 393 g/mol. The van der Waals surface area contributed by atoms with Gasteiger partial charge in [0.25, 0.3) is 5.91 Å². The summed E-state index contributed by atoms with van der Waals surface area (Å²) in [6.07, 6.45) is 0. The Kier molecular flexibility index (Phi) is 6.51. The van der Waals surface area contributed by atoms with Crippen LogP contribution in [0.15, 0.2) is 30.3 Å². The molecule has 5 nitrogen and oxygen atoms in total. The van der Waals surface area contributed by atoms with Crippen LogP contribution < -0.4 is 15.0 Å². The Balaban J connectivity index is 1.75. The first-order valence-electron chi connectivity index (χ1n) is 8.31. The SMILES string of the molecule is CCOc1ccc(Cl)c(C(=O)Nc2ccc(N3CCSCC3)c(Cl)c2)n1. The molecule has 1 N–H and O–H groups in total. The number of nitrogens with zero attached hydrogens (tertiary/aromatic N) is 2. The maximum Gasteiger partial charge on any atom is 0.275 e. The zero-order chi connectivity index (χ0) is 18.5. The smallest absolute Gasteiger partial charge is 0.275 e. The molecule has 1 aliphatic heterocycles. The number of hydrogen-bond acceptors (Lipinski definition) is 5. The molecule has 0 saturated carbocycles. The van der Waals surface area contributed by atoms with Crippen LogP contribution in [0.1, 0.15) is 17.4 Å². The van der Waals surface area contributed by atoms with Crippen molar-refractivity contribution >= 4 is 52.2 Å². The molecule has 1 amide bonds. The van der Waals surface area contributed by atoms with Crippen molar-refractivity contribution in [2.45, 2.75) is 6.92 Å². The molecule has 1 fully saturated rings. The third-order valence-electron chi connectivity index (χ3n) is 3.89. The van der Waals surface area contributed by atoms with Crippen LogP contribution in [-0.2, 0) is 0 Å². The van der Waals surface area contributed by atoms with E-state index in [1.54, 1.807) is 18.2 Å². The minimum Gasteiger partial charge on any atom is -0.478 e. The highest BCUT2D eigenvalue weighted by molar-refractivity contribution is 7.99. The van der Waals surface area contributed by atoms with Gasteiger partial charge in [0.2, 0.25) is 5.88 Å². The average Bonchev–Trinajstić information content (AvgIpc) is 2.64. The highest BCUT2D eigenvalue weighted by Crippen LogP contribution is 2.31. The topological polar surface area (TPSA) is 54.5 Å². The van der Waals surface area contributed by atoms with Crippen LogP contribution in [-0.4, -0.2) is 42.1 Å². The molecule has 0 unspecified atom stereocenters. The normalized spacial score (nSPS) is 14.2. The number of carbonyl (C=O) groups excluding carboxylic acids is 1.